The molecule has 0 N–H and O–H groups in total. The summed E-state index contributed by atoms with van der Waals surface area (Å²) in [6.45, 7) is 0. The van der Waals surface area contributed by atoms with Gasteiger partial charge in [-0.25, -0.2) is 0 Å². The molecule has 3 saturated carbocycles. The van der Waals surface area contributed by atoms with Gasteiger partial charge < -0.3 is 0 Å². The van der Waals surface area contributed by atoms with E-state index in [-0.39, 0.29) is 0 Å². The van der Waals surface area contributed by atoms with Crippen LogP contribution in [-0.2, 0) is 0 Å². The summed E-state index contributed by atoms with van der Waals surface area (Å²) in [5, 5.41) is 2.10. The zero-order valence-corrected chi connectivity index (χ0v) is 18.9. The maximum Gasteiger partial charge on any atom is 0.0902 e. The Hall–Kier alpha value is 0.0218. The normalized spacial score (nSPS) is 32.7. The lowest BCUT2D eigenvalue weighted by Crippen LogP contribution is -2.53. The smallest absolute Gasteiger partial charge is 0.0891 e. The molecule has 0 aromatic rings. The Morgan fingerprint density at radius 2 is 1.22 bits per heavy atom. The van der Waals surface area contributed by atoms with Crippen molar-refractivity contribution in [2.24, 2.45) is 0 Å². The summed E-state index contributed by atoms with van der Waals surface area (Å²) in [4.78, 5) is 0. The van der Waals surface area contributed by atoms with Gasteiger partial charge in [0.1, 0.15) is 0 Å². The van der Waals surface area contributed by atoms with Gasteiger partial charge in [0, 0.05) is 0 Å². The van der Waals surface area contributed by atoms with Crippen LogP contribution in [0, 0.1) is 0 Å². The minimum absolute atomic E-state index is 0.509. The molecule has 0 aliphatic heterocycles. The standard InChI is InChI=1S/C25H43BSi/c26-21-12-11-19-25(20-21)27(23-15-7-3-8-16-23,24-17-9-4-10-18-24)22-13-5-1-2-6-14-22/h13,21,23-25H,1-12,14-20H2. The van der Waals surface area contributed by atoms with E-state index in [1.165, 1.54) is 96.3 Å². The van der Waals surface area contributed by atoms with E-state index >= 15 is 0 Å². The molecule has 3 fully saturated rings. The predicted molar refractivity (Wildman–Crippen MR) is 122 cm³/mol. The minimum Gasteiger partial charge on any atom is -0.0891 e. The van der Waals surface area contributed by atoms with Crippen molar-refractivity contribution in [3.05, 3.63) is 11.3 Å². The van der Waals surface area contributed by atoms with Crippen LogP contribution in [0.2, 0.25) is 22.4 Å². The van der Waals surface area contributed by atoms with Gasteiger partial charge in [0.25, 0.3) is 0 Å². The molecule has 0 bridgehead atoms. The molecule has 4 rings (SSSR count). The highest BCUT2D eigenvalue weighted by Gasteiger charge is 2.54. The first kappa shape index (κ1) is 20.3. The van der Waals surface area contributed by atoms with E-state index in [9.17, 15) is 0 Å². The van der Waals surface area contributed by atoms with Crippen LogP contribution in [0.4, 0.5) is 0 Å². The van der Waals surface area contributed by atoms with E-state index in [2.05, 4.69) is 11.3 Å². The van der Waals surface area contributed by atoms with E-state index < -0.39 is 8.07 Å². The van der Waals surface area contributed by atoms with Crippen molar-refractivity contribution in [3.8, 4) is 0 Å². The van der Waals surface area contributed by atoms with E-state index in [1.807, 2.05) is 0 Å². The SMILES string of the molecule is [B]C1CCCC([Si](C2=CCCCCC2)(C2CCCCC2)C2CCCCC2)C1. The third kappa shape index (κ3) is 4.31. The Morgan fingerprint density at radius 3 is 1.85 bits per heavy atom. The number of hydrogen-bond donors (Lipinski definition) is 0. The first-order valence-corrected chi connectivity index (χ1v) is 15.0. The maximum atomic E-state index is 6.64. The number of hydrogen-bond acceptors (Lipinski definition) is 0. The van der Waals surface area contributed by atoms with Crippen molar-refractivity contribution in [2.75, 3.05) is 0 Å². The summed E-state index contributed by atoms with van der Waals surface area (Å²) in [5.41, 5.74) is 3.24. The number of rotatable bonds is 4. The molecule has 2 radical (unpaired) electrons. The fourth-order valence-corrected chi connectivity index (χ4v) is 16.8. The highest BCUT2D eigenvalue weighted by Crippen LogP contribution is 2.61. The molecule has 0 aromatic carbocycles. The highest BCUT2D eigenvalue weighted by molar-refractivity contribution is 6.90. The average molecular weight is 383 g/mol. The molecule has 0 nitrogen and oxygen atoms in total. The van der Waals surface area contributed by atoms with Crippen LogP contribution in [0.3, 0.4) is 0 Å². The molecule has 4 aliphatic rings. The van der Waals surface area contributed by atoms with Crippen molar-refractivity contribution in [2.45, 2.75) is 144 Å². The van der Waals surface area contributed by atoms with Crippen LogP contribution in [-0.4, -0.2) is 15.9 Å². The number of allylic oxidation sites excluding steroid dienone is 2. The molecular formula is C25H43BSi. The van der Waals surface area contributed by atoms with Crippen LogP contribution < -0.4 is 0 Å². The molecule has 2 unspecified atom stereocenters. The largest absolute Gasteiger partial charge is 0.0902 e. The van der Waals surface area contributed by atoms with E-state index in [1.54, 1.807) is 25.7 Å². The zero-order chi connectivity index (χ0) is 18.5. The van der Waals surface area contributed by atoms with Crippen LogP contribution in [0.5, 0.6) is 0 Å². The second kappa shape index (κ2) is 9.68. The molecule has 0 saturated heterocycles. The maximum absolute atomic E-state index is 6.64. The van der Waals surface area contributed by atoms with Crippen LogP contribution in [0.25, 0.3) is 0 Å². The Kier molecular flexibility index (Phi) is 7.28. The van der Waals surface area contributed by atoms with Crippen molar-refractivity contribution < 1.29 is 0 Å². The van der Waals surface area contributed by atoms with Crippen LogP contribution in [0.15, 0.2) is 11.3 Å². The van der Waals surface area contributed by atoms with Crippen molar-refractivity contribution >= 4 is 15.9 Å². The van der Waals surface area contributed by atoms with Crippen molar-refractivity contribution in [1.29, 1.82) is 0 Å². The third-order valence-electron chi connectivity index (χ3n) is 9.05. The van der Waals surface area contributed by atoms with Crippen LogP contribution in [0.1, 0.15) is 122 Å². The first-order chi connectivity index (χ1) is 13.3. The lowest BCUT2D eigenvalue weighted by Gasteiger charge is -2.55. The second-order valence-electron chi connectivity index (χ2n) is 10.6. The summed E-state index contributed by atoms with van der Waals surface area (Å²) in [6.07, 6.45) is 31.2. The molecular weight excluding hydrogens is 339 g/mol. The molecule has 0 aromatic heterocycles. The topological polar surface area (TPSA) is 0 Å². The van der Waals surface area contributed by atoms with Gasteiger partial charge in [-0.2, -0.15) is 0 Å². The molecule has 150 valence electrons. The van der Waals surface area contributed by atoms with Gasteiger partial charge in [0.15, 0.2) is 0 Å². The predicted octanol–water partition coefficient (Wildman–Crippen LogP) is 8.43. The molecule has 27 heavy (non-hydrogen) atoms. The minimum atomic E-state index is -1.49. The van der Waals surface area contributed by atoms with Gasteiger partial charge in [-0.05, 0) is 42.3 Å². The summed E-state index contributed by atoms with van der Waals surface area (Å²) < 4.78 is 0. The summed E-state index contributed by atoms with van der Waals surface area (Å²) in [5.74, 6) is 0.509. The molecule has 2 heteroatoms. The van der Waals surface area contributed by atoms with Gasteiger partial charge in [0.05, 0.1) is 15.9 Å². The molecule has 0 amide bonds. The molecule has 0 spiro atoms. The average Bonchev–Trinajstić information content (AvgIpc) is 3.00. The Balaban J connectivity index is 1.76. The fraction of sp³-hybridized carbons (Fsp3) is 0.920. The summed E-state index contributed by atoms with van der Waals surface area (Å²) >= 11 is 0. The fourth-order valence-electron chi connectivity index (χ4n) is 8.02. The van der Waals surface area contributed by atoms with E-state index in [4.69, 9.17) is 7.85 Å². The van der Waals surface area contributed by atoms with E-state index in [0.29, 0.717) is 5.82 Å². The van der Waals surface area contributed by atoms with E-state index in [0.717, 1.165) is 16.6 Å². The van der Waals surface area contributed by atoms with Crippen molar-refractivity contribution in [3.63, 3.8) is 0 Å². The molecule has 4 aliphatic carbocycles. The third-order valence-corrected chi connectivity index (χ3v) is 16.3. The lowest BCUT2D eigenvalue weighted by atomic mass is 9.75. The van der Waals surface area contributed by atoms with Gasteiger partial charge in [-0.3, -0.25) is 0 Å². The van der Waals surface area contributed by atoms with Gasteiger partial charge in [-0.15, -0.1) is 0 Å². The Bertz CT molecular complexity index is 469. The van der Waals surface area contributed by atoms with Crippen LogP contribution >= 0.6 is 0 Å². The highest BCUT2D eigenvalue weighted by atomic mass is 28.3. The summed E-state index contributed by atoms with van der Waals surface area (Å²) in [6, 6.07) is 0. The van der Waals surface area contributed by atoms with Gasteiger partial charge in [0.2, 0.25) is 0 Å². The zero-order valence-electron chi connectivity index (χ0n) is 17.9. The molecule has 2 atom stereocenters. The lowest BCUT2D eigenvalue weighted by molar-refractivity contribution is 0.417. The quantitative estimate of drug-likeness (QED) is 0.428. The van der Waals surface area contributed by atoms with Crippen molar-refractivity contribution in [1.82, 2.24) is 0 Å². The second-order valence-corrected chi connectivity index (χ2v) is 15.5. The van der Waals surface area contributed by atoms with Gasteiger partial charge in [-0.1, -0.05) is 113 Å². The Labute approximate surface area is 171 Å². The monoisotopic (exact) mass is 382 g/mol. The van der Waals surface area contributed by atoms with Gasteiger partial charge >= 0.3 is 0 Å². The Morgan fingerprint density at radius 1 is 0.630 bits per heavy atom. The first-order valence-electron chi connectivity index (χ1n) is 12.8. The summed E-state index contributed by atoms with van der Waals surface area (Å²) in [7, 11) is 5.16. The molecule has 0 heterocycles.